The molecular formula is C18H21F3N4O. The lowest BCUT2D eigenvalue weighted by atomic mass is 10.1. The van der Waals surface area contributed by atoms with Crippen molar-refractivity contribution in [1.82, 2.24) is 15.1 Å². The number of hydrogen-bond donors (Lipinski definition) is 2. The van der Waals surface area contributed by atoms with E-state index < -0.39 is 17.9 Å². The van der Waals surface area contributed by atoms with Gasteiger partial charge in [0.1, 0.15) is 0 Å². The second-order valence-electron chi connectivity index (χ2n) is 6.71. The van der Waals surface area contributed by atoms with E-state index in [4.69, 9.17) is 0 Å². The van der Waals surface area contributed by atoms with E-state index >= 15 is 0 Å². The van der Waals surface area contributed by atoms with Gasteiger partial charge in [0.15, 0.2) is 5.69 Å². The summed E-state index contributed by atoms with van der Waals surface area (Å²) in [4.78, 5) is 12.0. The Balaban J connectivity index is 1.57. The third-order valence-electron chi connectivity index (χ3n) is 4.19. The van der Waals surface area contributed by atoms with E-state index in [1.54, 1.807) is 0 Å². The fourth-order valence-electron chi connectivity index (χ4n) is 2.95. The van der Waals surface area contributed by atoms with Gasteiger partial charge >= 0.3 is 12.2 Å². The van der Waals surface area contributed by atoms with Crippen molar-refractivity contribution >= 4 is 11.7 Å². The van der Waals surface area contributed by atoms with Crippen LogP contribution in [-0.2, 0) is 12.7 Å². The van der Waals surface area contributed by atoms with Gasteiger partial charge in [-0.25, -0.2) is 4.79 Å². The molecule has 1 aromatic heterocycles. The number of carbonyl (C=O) groups excluding carboxylic acids is 1. The maximum absolute atomic E-state index is 12.9. The fraction of sp³-hybridized carbons (Fsp3) is 0.444. The quantitative estimate of drug-likeness (QED) is 0.832. The SMILES string of the molecule is Cc1cc(C)cc(NC(=O)NCCn2nc(C(F)(F)F)cc2C2CC2)c1. The van der Waals surface area contributed by atoms with Crippen molar-refractivity contribution in [3.05, 3.63) is 46.8 Å². The standard InChI is InChI=1S/C18H21F3N4O/c1-11-7-12(2)9-14(8-11)23-17(26)22-5-6-25-15(13-3-4-13)10-16(24-25)18(19,20)21/h7-10,13H,3-6H2,1-2H3,(H2,22,23,26). The number of alkyl halides is 3. The van der Waals surface area contributed by atoms with Gasteiger partial charge in [0.25, 0.3) is 0 Å². The number of hydrogen-bond acceptors (Lipinski definition) is 2. The highest BCUT2D eigenvalue weighted by Gasteiger charge is 2.37. The Morgan fingerprint density at radius 3 is 2.42 bits per heavy atom. The van der Waals surface area contributed by atoms with Crippen LogP contribution in [0.15, 0.2) is 24.3 Å². The predicted octanol–water partition coefficient (Wildman–Crippen LogP) is 4.22. The van der Waals surface area contributed by atoms with Crippen molar-refractivity contribution < 1.29 is 18.0 Å². The summed E-state index contributed by atoms with van der Waals surface area (Å²) in [5.74, 6) is 0.141. The maximum Gasteiger partial charge on any atom is 0.435 e. The minimum atomic E-state index is -4.46. The number of benzene rings is 1. The monoisotopic (exact) mass is 366 g/mol. The number of aryl methyl sites for hydroxylation is 2. The highest BCUT2D eigenvalue weighted by atomic mass is 19.4. The van der Waals surface area contributed by atoms with Crippen molar-refractivity contribution in [3.63, 3.8) is 0 Å². The number of rotatable bonds is 5. The molecule has 2 aromatic rings. The smallest absolute Gasteiger partial charge is 0.336 e. The van der Waals surface area contributed by atoms with Crippen LogP contribution in [0.2, 0.25) is 0 Å². The molecular weight excluding hydrogens is 345 g/mol. The number of aromatic nitrogens is 2. The number of amides is 2. The average Bonchev–Trinajstić information content (AvgIpc) is 3.25. The lowest BCUT2D eigenvalue weighted by Gasteiger charge is -2.10. The van der Waals surface area contributed by atoms with Crippen molar-refractivity contribution in [2.75, 3.05) is 11.9 Å². The number of nitrogens with one attached hydrogen (secondary N) is 2. The van der Waals surface area contributed by atoms with Gasteiger partial charge in [-0.3, -0.25) is 4.68 Å². The molecule has 8 heteroatoms. The first-order chi connectivity index (χ1) is 12.2. The minimum absolute atomic E-state index is 0.141. The normalized spacial score (nSPS) is 14.3. The maximum atomic E-state index is 12.9. The molecule has 0 atom stereocenters. The molecule has 140 valence electrons. The third-order valence-corrected chi connectivity index (χ3v) is 4.19. The number of halogens is 3. The van der Waals surface area contributed by atoms with Crippen molar-refractivity contribution in [2.24, 2.45) is 0 Å². The first-order valence-electron chi connectivity index (χ1n) is 8.50. The van der Waals surface area contributed by atoms with E-state index in [2.05, 4.69) is 15.7 Å². The molecule has 0 spiro atoms. The molecule has 26 heavy (non-hydrogen) atoms. The molecule has 1 aliphatic rings. The van der Waals surface area contributed by atoms with Gasteiger partial charge in [-0.2, -0.15) is 18.3 Å². The molecule has 0 bridgehead atoms. The van der Waals surface area contributed by atoms with Gasteiger partial charge in [-0.15, -0.1) is 0 Å². The first-order valence-corrected chi connectivity index (χ1v) is 8.50. The Morgan fingerprint density at radius 1 is 1.19 bits per heavy atom. The van der Waals surface area contributed by atoms with Crippen LogP contribution in [0.1, 0.15) is 41.3 Å². The zero-order valence-corrected chi connectivity index (χ0v) is 14.7. The highest BCUT2D eigenvalue weighted by molar-refractivity contribution is 5.89. The summed E-state index contributed by atoms with van der Waals surface area (Å²) >= 11 is 0. The summed E-state index contributed by atoms with van der Waals surface area (Å²) < 4.78 is 40.0. The van der Waals surface area contributed by atoms with Crippen LogP contribution in [0, 0.1) is 13.8 Å². The Labute approximate surface area is 149 Å². The minimum Gasteiger partial charge on any atom is -0.336 e. The van der Waals surface area contributed by atoms with Gasteiger partial charge in [0, 0.05) is 23.8 Å². The summed E-state index contributed by atoms with van der Waals surface area (Å²) in [5, 5.41) is 9.06. The lowest BCUT2D eigenvalue weighted by Crippen LogP contribution is -2.32. The second-order valence-corrected chi connectivity index (χ2v) is 6.71. The molecule has 1 fully saturated rings. The largest absolute Gasteiger partial charge is 0.435 e. The number of carbonyl (C=O) groups is 1. The van der Waals surface area contributed by atoms with Crippen LogP contribution in [0.4, 0.5) is 23.7 Å². The Hall–Kier alpha value is -2.51. The van der Waals surface area contributed by atoms with E-state index in [0.29, 0.717) is 11.4 Å². The van der Waals surface area contributed by atoms with E-state index in [-0.39, 0.29) is 19.0 Å². The van der Waals surface area contributed by atoms with Gasteiger partial charge in [0.2, 0.25) is 0 Å². The molecule has 3 rings (SSSR count). The van der Waals surface area contributed by atoms with Gasteiger partial charge in [-0.1, -0.05) is 6.07 Å². The number of nitrogens with zero attached hydrogens (tertiary/aromatic N) is 2. The van der Waals surface area contributed by atoms with Crippen molar-refractivity contribution in [2.45, 2.75) is 45.3 Å². The molecule has 1 aromatic carbocycles. The summed E-state index contributed by atoms with van der Waals surface area (Å²) in [5.41, 5.74) is 2.46. The molecule has 0 radical (unpaired) electrons. The summed E-state index contributed by atoms with van der Waals surface area (Å²) in [6.07, 6.45) is -2.70. The van der Waals surface area contributed by atoms with Gasteiger partial charge < -0.3 is 10.6 Å². The number of anilines is 1. The van der Waals surface area contributed by atoms with E-state index in [1.807, 2.05) is 32.0 Å². The van der Waals surface area contributed by atoms with Crippen LogP contribution in [0.3, 0.4) is 0 Å². The first kappa shape index (κ1) is 18.3. The van der Waals surface area contributed by atoms with E-state index in [0.717, 1.165) is 30.0 Å². The summed E-state index contributed by atoms with van der Waals surface area (Å²) in [6, 6.07) is 6.42. The Bertz CT molecular complexity index is 789. The molecule has 0 aliphatic heterocycles. The molecule has 1 aliphatic carbocycles. The zero-order chi connectivity index (χ0) is 18.9. The summed E-state index contributed by atoms with van der Waals surface area (Å²) in [7, 11) is 0. The third kappa shape index (κ3) is 4.56. The molecule has 0 unspecified atom stereocenters. The highest BCUT2D eigenvalue weighted by Crippen LogP contribution is 2.42. The van der Waals surface area contributed by atoms with Gasteiger partial charge in [0.05, 0.1) is 6.54 Å². The van der Waals surface area contributed by atoms with Crippen LogP contribution < -0.4 is 10.6 Å². The van der Waals surface area contributed by atoms with E-state index in [1.165, 1.54) is 4.68 Å². The van der Waals surface area contributed by atoms with Crippen LogP contribution in [0.5, 0.6) is 0 Å². The zero-order valence-electron chi connectivity index (χ0n) is 14.7. The van der Waals surface area contributed by atoms with E-state index in [9.17, 15) is 18.0 Å². The summed E-state index contributed by atoms with van der Waals surface area (Å²) in [6.45, 7) is 4.26. The molecule has 2 amide bonds. The number of urea groups is 1. The Kier molecular flexibility index (Phi) is 4.93. The lowest BCUT2D eigenvalue weighted by molar-refractivity contribution is -0.141. The topological polar surface area (TPSA) is 59.0 Å². The molecule has 0 saturated heterocycles. The average molecular weight is 366 g/mol. The molecule has 2 N–H and O–H groups in total. The molecule has 1 saturated carbocycles. The van der Waals surface area contributed by atoms with Crippen molar-refractivity contribution in [1.29, 1.82) is 0 Å². The van der Waals surface area contributed by atoms with Crippen LogP contribution in [0.25, 0.3) is 0 Å². The van der Waals surface area contributed by atoms with Crippen molar-refractivity contribution in [3.8, 4) is 0 Å². The molecule has 5 nitrogen and oxygen atoms in total. The predicted molar refractivity (Wildman–Crippen MR) is 92.1 cm³/mol. The molecule has 1 heterocycles. The van der Waals surface area contributed by atoms with Crippen LogP contribution in [-0.4, -0.2) is 22.4 Å². The second kappa shape index (κ2) is 7.01. The van der Waals surface area contributed by atoms with Crippen LogP contribution >= 0.6 is 0 Å². The fourth-order valence-corrected chi connectivity index (χ4v) is 2.95. The Morgan fingerprint density at radius 2 is 1.85 bits per heavy atom. The van der Waals surface area contributed by atoms with Gasteiger partial charge in [-0.05, 0) is 56.0 Å².